The highest BCUT2D eigenvalue weighted by atomic mass is 32.2. The van der Waals surface area contributed by atoms with Crippen LogP contribution >= 0.6 is 11.8 Å². The summed E-state index contributed by atoms with van der Waals surface area (Å²) in [5.74, 6) is 4.13. The van der Waals surface area contributed by atoms with Crippen molar-refractivity contribution in [2.24, 2.45) is 5.92 Å². The number of ether oxygens (including phenoxy) is 1. The van der Waals surface area contributed by atoms with Crippen LogP contribution in [-0.2, 0) is 11.2 Å². The third kappa shape index (κ3) is 2.23. The fraction of sp³-hybridized carbons (Fsp3) is 0.800. The minimum absolute atomic E-state index is 0.0239. The molecule has 0 spiro atoms. The molecule has 1 N–H and O–H groups in total. The summed E-state index contributed by atoms with van der Waals surface area (Å²) in [6.07, 6.45) is 0.913. The fourth-order valence-corrected chi connectivity index (χ4v) is 2.70. The molecule has 0 aliphatic carbocycles. The van der Waals surface area contributed by atoms with E-state index in [-0.39, 0.29) is 6.10 Å². The molecule has 5 nitrogen and oxygen atoms in total. The molecule has 1 aromatic heterocycles. The number of rotatable bonds is 3. The average Bonchev–Trinajstić information content (AvgIpc) is 2.73. The van der Waals surface area contributed by atoms with Crippen molar-refractivity contribution in [2.75, 3.05) is 31.2 Å². The van der Waals surface area contributed by atoms with Gasteiger partial charge in [-0.3, -0.25) is 0 Å². The summed E-state index contributed by atoms with van der Waals surface area (Å²) >= 11 is 1.88. The monoisotopic (exact) mass is 241 g/mol. The van der Waals surface area contributed by atoms with Crippen molar-refractivity contribution in [3.8, 4) is 0 Å². The Hall–Kier alpha value is -0.590. The van der Waals surface area contributed by atoms with Gasteiger partial charge in [-0.2, -0.15) is 16.7 Å². The largest absolute Gasteiger partial charge is 0.368 e. The first-order chi connectivity index (χ1) is 7.92. The van der Waals surface area contributed by atoms with E-state index in [9.17, 15) is 0 Å². The van der Waals surface area contributed by atoms with Crippen LogP contribution in [0.5, 0.6) is 0 Å². The first kappa shape index (κ1) is 10.6. The molecule has 0 bridgehead atoms. The van der Waals surface area contributed by atoms with E-state index >= 15 is 0 Å². The Balaban J connectivity index is 1.61. The van der Waals surface area contributed by atoms with Crippen LogP contribution in [0.4, 0.5) is 0 Å². The second-order valence-corrected chi connectivity index (χ2v) is 5.36. The van der Waals surface area contributed by atoms with E-state index in [1.165, 1.54) is 0 Å². The molecule has 16 heavy (non-hydrogen) atoms. The van der Waals surface area contributed by atoms with Gasteiger partial charge in [0.05, 0.1) is 6.61 Å². The maximum atomic E-state index is 5.60. The number of nitrogens with one attached hydrogen (secondary N) is 1. The van der Waals surface area contributed by atoms with E-state index in [0.29, 0.717) is 5.92 Å². The van der Waals surface area contributed by atoms with Gasteiger partial charge in [-0.15, -0.1) is 0 Å². The molecule has 0 aromatic carbocycles. The van der Waals surface area contributed by atoms with Crippen LogP contribution in [0.15, 0.2) is 4.52 Å². The summed E-state index contributed by atoms with van der Waals surface area (Å²) in [5, 5.41) is 7.24. The summed E-state index contributed by atoms with van der Waals surface area (Å²) in [7, 11) is 0. The van der Waals surface area contributed by atoms with E-state index in [4.69, 9.17) is 9.26 Å². The number of hydrogen-bond acceptors (Lipinski definition) is 6. The lowest BCUT2D eigenvalue weighted by atomic mass is 10.00. The molecular formula is C10H15N3O2S. The van der Waals surface area contributed by atoms with E-state index in [1.54, 1.807) is 0 Å². The molecule has 1 atom stereocenters. The van der Waals surface area contributed by atoms with Crippen LogP contribution in [0.25, 0.3) is 0 Å². The van der Waals surface area contributed by atoms with Crippen LogP contribution in [-0.4, -0.2) is 41.3 Å². The summed E-state index contributed by atoms with van der Waals surface area (Å²) < 4.78 is 10.9. The van der Waals surface area contributed by atoms with Gasteiger partial charge in [0, 0.05) is 17.9 Å². The van der Waals surface area contributed by atoms with Gasteiger partial charge in [0.25, 0.3) is 0 Å². The second-order valence-electron chi connectivity index (χ2n) is 4.21. The summed E-state index contributed by atoms with van der Waals surface area (Å²) in [6.45, 7) is 2.91. The Morgan fingerprint density at radius 3 is 3.06 bits per heavy atom. The molecule has 3 heterocycles. The summed E-state index contributed by atoms with van der Waals surface area (Å²) in [5.41, 5.74) is 0. The van der Waals surface area contributed by atoms with Crippen molar-refractivity contribution in [1.82, 2.24) is 15.5 Å². The highest BCUT2D eigenvalue weighted by Crippen LogP contribution is 2.24. The van der Waals surface area contributed by atoms with Crippen molar-refractivity contribution < 1.29 is 9.26 Å². The zero-order valence-electron chi connectivity index (χ0n) is 9.02. The maximum absolute atomic E-state index is 5.60. The van der Waals surface area contributed by atoms with Crippen molar-refractivity contribution in [3.63, 3.8) is 0 Å². The molecule has 1 unspecified atom stereocenters. The standard InChI is InChI=1S/C10H15N3O2S/c1-2-16-6-8(14-1)10-12-9(15-13-10)3-7-4-11-5-7/h7-8,11H,1-6H2. The lowest BCUT2D eigenvalue weighted by molar-refractivity contribution is 0.0677. The molecule has 0 saturated carbocycles. The van der Waals surface area contributed by atoms with E-state index in [1.807, 2.05) is 11.8 Å². The highest BCUT2D eigenvalue weighted by Gasteiger charge is 2.24. The van der Waals surface area contributed by atoms with Crippen LogP contribution in [0.1, 0.15) is 17.8 Å². The first-order valence-electron chi connectivity index (χ1n) is 5.64. The van der Waals surface area contributed by atoms with Crippen molar-refractivity contribution in [1.29, 1.82) is 0 Å². The smallest absolute Gasteiger partial charge is 0.227 e. The van der Waals surface area contributed by atoms with Gasteiger partial charge in [0.1, 0.15) is 6.10 Å². The SMILES string of the molecule is C1CSCC(c2noc(CC3CNC3)n2)O1. The Bertz CT molecular complexity index is 348. The molecule has 0 amide bonds. The number of hydrogen-bond donors (Lipinski definition) is 1. The van der Waals surface area contributed by atoms with Crippen LogP contribution < -0.4 is 5.32 Å². The number of nitrogens with zero attached hydrogens (tertiary/aromatic N) is 2. The predicted octanol–water partition coefficient (Wildman–Crippen LogP) is 0.636. The Kier molecular flexibility index (Phi) is 3.12. The van der Waals surface area contributed by atoms with Gasteiger partial charge < -0.3 is 14.6 Å². The molecule has 2 aliphatic rings. The first-order valence-corrected chi connectivity index (χ1v) is 6.80. The Labute approximate surface area is 98.3 Å². The van der Waals surface area contributed by atoms with Crippen molar-refractivity contribution in [3.05, 3.63) is 11.7 Å². The van der Waals surface area contributed by atoms with Gasteiger partial charge in [-0.05, 0) is 19.0 Å². The number of aromatic nitrogens is 2. The highest BCUT2D eigenvalue weighted by molar-refractivity contribution is 7.99. The minimum atomic E-state index is 0.0239. The molecule has 3 rings (SSSR count). The van der Waals surface area contributed by atoms with Crippen LogP contribution in [0.2, 0.25) is 0 Å². The molecule has 2 aliphatic heterocycles. The molecule has 6 heteroatoms. The van der Waals surface area contributed by atoms with Gasteiger partial charge in [0.2, 0.25) is 11.7 Å². The molecule has 88 valence electrons. The fourth-order valence-electron chi connectivity index (χ4n) is 1.86. The third-order valence-electron chi connectivity index (χ3n) is 2.92. The molecular weight excluding hydrogens is 226 g/mol. The van der Waals surface area contributed by atoms with E-state index in [0.717, 1.165) is 49.3 Å². The molecule has 2 saturated heterocycles. The summed E-state index contributed by atoms with van der Waals surface area (Å²) in [4.78, 5) is 4.41. The van der Waals surface area contributed by atoms with Crippen LogP contribution in [0.3, 0.4) is 0 Å². The zero-order valence-corrected chi connectivity index (χ0v) is 9.83. The summed E-state index contributed by atoms with van der Waals surface area (Å²) in [6, 6.07) is 0. The topological polar surface area (TPSA) is 60.2 Å². The molecule has 2 fully saturated rings. The lowest BCUT2D eigenvalue weighted by Crippen LogP contribution is -2.43. The number of thioether (sulfide) groups is 1. The average molecular weight is 241 g/mol. The van der Waals surface area contributed by atoms with Gasteiger partial charge in [-0.25, -0.2) is 0 Å². The van der Waals surface area contributed by atoms with Gasteiger partial charge in [0.15, 0.2) is 0 Å². The van der Waals surface area contributed by atoms with Gasteiger partial charge >= 0.3 is 0 Å². The maximum Gasteiger partial charge on any atom is 0.227 e. The minimum Gasteiger partial charge on any atom is -0.368 e. The second kappa shape index (κ2) is 4.73. The Morgan fingerprint density at radius 1 is 1.44 bits per heavy atom. The predicted molar refractivity (Wildman–Crippen MR) is 60.4 cm³/mol. The lowest BCUT2D eigenvalue weighted by Gasteiger charge is -2.25. The molecule has 1 aromatic rings. The van der Waals surface area contributed by atoms with Gasteiger partial charge in [-0.1, -0.05) is 5.16 Å². The van der Waals surface area contributed by atoms with E-state index < -0.39 is 0 Å². The third-order valence-corrected chi connectivity index (χ3v) is 3.91. The Morgan fingerprint density at radius 2 is 2.38 bits per heavy atom. The van der Waals surface area contributed by atoms with Crippen molar-refractivity contribution in [2.45, 2.75) is 12.5 Å². The van der Waals surface area contributed by atoms with Crippen LogP contribution in [0, 0.1) is 5.92 Å². The quantitative estimate of drug-likeness (QED) is 0.838. The zero-order chi connectivity index (χ0) is 10.8. The van der Waals surface area contributed by atoms with E-state index in [2.05, 4.69) is 15.5 Å². The molecule has 0 radical (unpaired) electrons. The normalized spacial score (nSPS) is 26.6. The van der Waals surface area contributed by atoms with Crippen molar-refractivity contribution >= 4 is 11.8 Å².